The molecule has 0 saturated heterocycles. The zero-order chi connectivity index (χ0) is 8.81. The molecule has 1 aromatic heterocycles. The number of aromatic nitrogens is 1. The molecule has 68 valence electrons. The normalized spacial score (nSPS) is 10.5. The fraction of sp³-hybridized carbons (Fsp3) is 0.625. The molecule has 0 aliphatic rings. The highest BCUT2D eigenvalue weighted by Gasteiger charge is 2.01. The van der Waals surface area contributed by atoms with Gasteiger partial charge in [0, 0.05) is 25.6 Å². The number of aliphatic hydroxyl groups is 1. The van der Waals surface area contributed by atoms with Gasteiger partial charge in [0.2, 0.25) is 0 Å². The molecule has 12 heavy (non-hydrogen) atoms. The summed E-state index contributed by atoms with van der Waals surface area (Å²) in [6.45, 7) is 0.921. The highest BCUT2D eigenvalue weighted by Crippen LogP contribution is 2.05. The Morgan fingerprint density at radius 1 is 1.67 bits per heavy atom. The highest BCUT2D eigenvalue weighted by atomic mass is 16.5. The van der Waals surface area contributed by atoms with Crippen molar-refractivity contribution in [1.82, 2.24) is 10.5 Å². The number of hydrogen-bond donors (Lipinski definition) is 2. The molecule has 0 unspecified atom stereocenters. The van der Waals surface area contributed by atoms with Crippen molar-refractivity contribution in [2.75, 3.05) is 13.7 Å². The molecule has 0 aromatic carbocycles. The Kier molecular flexibility index (Phi) is 3.76. The maximum absolute atomic E-state index is 8.56. The molecular formula is C8H14N2O2. The van der Waals surface area contributed by atoms with Crippen LogP contribution in [0.25, 0.3) is 0 Å². The maximum atomic E-state index is 8.56. The van der Waals surface area contributed by atoms with E-state index in [1.54, 1.807) is 0 Å². The van der Waals surface area contributed by atoms with E-state index < -0.39 is 0 Å². The summed E-state index contributed by atoms with van der Waals surface area (Å²) in [6.07, 6.45) is 1.49. The van der Waals surface area contributed by atoms with Gasteiger partial charge in [-0.15, -0.1) is 0 Å². The molecule has 0 atom stereocenters. The molecule has 0 bridgehead atoms. The second-order valence-corrected chi connectivity index (χ2v) is 2.64. The van der Waals surface area contributed by atoms with Gasteiger partial charge in [0.25, 0.3) is 0 Å². The van der Waals surface area contributed by atoms with E-state index in [0.29, 0.717) is 0 Å². The van der Waals surface area contributed by atoms with Crippen LogP contribution >= 0.6 is 0 Å². The highest BCUT2D eigenvalue weighted by molar-refractivity contribution is 5.04. The van der Waals surface area contributed by atoms with Gasteiger partial charge < -0.3 is 14.9 Å². The number of aliphatic hydroxyl groups excluding tert-OH is 1. The average molecular weight is 170 g/mol. The largest absolute Gasteiger partial charge is 0.396 e. The van der Waals surface area contributed by atoms with Crippen LogP contribution in [-0.4, -0.2) is 23.9 Å². The van der Waals surface area contributed by atoms with Crippen molar-refractivity contribution in [2.45, 2.75) is 19.4 Å². The van der Waals surface area contributed by atoms with Crippen LogP contribution in [0.5, 0.6) is 0 Å². The van der Waals surface area contributed by atoms with Crippen LogP contribution in [0.2, 0.25) is 0 Å². The SMILES string of the molecule is CNCc1cc(CCCO)on1. The Morgan fingerprint density at radius 2 is 2.50 bits per heavy atom. The van der Waals surface area contributed by atoms with Crippen LogP contribution in [0.15, 0.2) is 10.6 Å². The lowest BCUT2D eigenvalue weighted by molar-refractivity contribution is 0.279. The summed E-state index contributed by atoms with van der Waals surface area (Å²) in [4.78, 5) is 0. The summed E-state index contributed by atoms with van der Waals surface area (Å²) < 4.78 is 5.02. The molecule has 1 aromatic rings. The molecule has 0 aliphatic carbocycles. The molecule has 1 rings (SSSR count). The summed E-state index contributed by atoms with van der Waals surface area (Å²) in [5.41, 5.74) is 0.908. The summed E-state index contributed by atoms with van der Waals surface area (Å²) in [5, 5.41) is 15.4. The van der Waals surface area contributed by atoms with Crippen molar-refractivity contribution in [2.24, 2.45) is 0 Å². The molecule has 0 radical (unpaired) electrons. The van der Waals surface area contributed by atoms with Crippen molar-refractivity contribution in [3.05, 3.63) is 17.5 Å². The van der Waals surface area contributed by atoms with Crippen molar-refractivity contribution >= 4 is 0 Å². The minimum Gasteiger partial charge on any atom is -0.396 e. The Labute approximate surface area is 71.6 Å². The quantitative estimate of drug-likeness (QED) is 0.668. The Hall–Kier alpha value is -0.870. The van der Waals surface area contributed by atoms with Crippen molar-refractivity contribution < 1.29 is 9.63 Å². The second kappa shape index (κ2) is 4.90. The Balaban J connectivity index is 2.41. The number of nitrogens with one attached hydrogen (secondary N) is 1. The van der Waals surface area contributed by atoms with Crippen LogP contribution in [0.3, 0.4) is 0 Å². The van der Waals surface area contributed by atoms with Crippen molar-refractivity contribution in [3.8, 4) is 0 Å². The lowest BCUT2D eigenvalue weighted by atomic mass is 10.2. The Morgan fingerprint density at radius 3 is 3.17 bits per heavy atom. The van der Waals surface area contributed by atoms with Crippen LogP contribution in [-0.2, 0) is 13.0 Å². The van der Waals surface area contributed by atoms with Crippen molar-refractivity contribution in [1.29, 1.82) is 0 Å². The van der Waals surface area contributed by atoms with Gasteiger partial charge >= 0.3 is 0 Å². The van der Waals surface area contributed by atoms with E-state index in [0.717, 1.165) is 30.8 Å². The predicted octanol–water partition coefficient (Wildman–Crippen LogP) is 0.319. The third-order valence-corrected chi connectivity index (χ3v) is 1.55. The summed E-state index contributed by atoms with van der Waals surface area (Å²) in [5.74, 6) is 0.842. The van der Waals surface area contributed by atoms with Gasteiger partial charge in [-0.25, -0.2) is 0 Å². The van der Waals surface area contributed by atoms with Crippen LogP contribution < -0.4 is 5.32 Å². The lowest BCUT2D eigenvalue weighted by Crippen LogP contribution is -2.04. The first kappa shape index (κ1) is 9.22. The molecule has 0 amide bonds. The molecule has 0 saturated carbocycles. The average Bonchev–Trinajstić information content (AvgIpc) is 2.50. The Bertz CT molecular complexity index is 223. The van der Waals surface area contributed by atoms with Crippen LogP contribution in [0.4, 0.5) is 0 Å². The van der Waals surface area contributed by atoms with Gasteiger partial charge in [0.15, 0.2) is 0 Å². The van der Waals surface area contributed by atoms with Gasteiger partial charge in [0.05, 0.1) is 5.69 Å². The first-order valence-corrected chi connectivity index (χ1v) is 4.06. The zero-order valence-electron chi connectivity index (χ0n) is 7.21. The van der Waals surface area contributed by atoms with E-state index in [-0.39, 0.29) is 6.61 Å². The van der Waals surface area contributed by atoms with Gasteiger partial charge in [-0.05, 0) is 13.5 Å². The molecule has 2 N–H and O–H groups in total. The van der Waals surface area contributed by atoms with E-state index in [1.165, 1.54) is 0 Å². The fourth-order valence-corrected chi connectivity index (χ4v) is 0.991. The smallest absolute Gasteiger partial charge is 0.137 e. The topological polar surface area (TPSA) is 58.3 Å². The van der Waals surface area contributed by atoms with E-state index >= 15 is 0 Å². The molecule has 4 nitrogen and oxygen atoms in total. The lowest BCUT2D eigenvalue weighted by Gasteiger charge is -1.89. The summed E-state index contributed by atoms with van der Waals surface area (Å²) >= 11 is 0. The zero-order valence-corrected chi connectivity index (χ0v) is 7.21. The molecule has 0 spiro atoms. The maximum Gasteiger partial charge on any atom is 0.137 e. The standard InChI is InChI=1S/C8H14N2O2/c1-9-6-7-5-8(12-10-7)3-2-4-11/h5,9,11H,2-4,6H2,1H3. The monoisotopic (exact) mass is 170 g/mol. The predicted molar refractivity (Wildman–Crippen MR) is 44.7 cm³/mol. The number of hydrogen-bond acceptors (Lipinski definition) is 4. The number of nitrogens with zero attached hydrogens (tertiary/aromatic N) is 1. The third-order valence-electron chi connectivity index (χ3n) is 1.55. The van der Waals surface area contributed by atoms with E-state index in [9.17, 15) is 0 Å². The number of aryl methyl sites for hydroxylation is 1. The minimum atomic E-state index is 0.196. The first-order chi connectivity index (χ1) is 5.86. The fourth-order valence-electron chi connectivity index (χ4n) is 0.991. The number of rotatable bonds is 5. The third kappa shape index (κ3) is 2.64. The minimum absolute atomic E-state index is 0.196. The van der Waals surface area contributed by atoms with E-state index in [2.05, 4.69) is 10.5 Å². The molecule has 0 aliphatic heterocycles. The molecule has 0 fully saturated rings. The van der Waals surface area contributed by atoms with Gasteiger partial charge in [-0.2, -0.15) is 0 Å². The molecular weight excluding hydrogens is 156 g/mol. The van der Waals surface area contributed by atoms with Gasteiger partial charge in [-0.1, -0.05) is 5.16 Å². The first-order valence-electron chi connectivity index (χ1n) is 4.06. The van der Waals surface area contributed by atoms with Gasteiger partial charge in [0.1, 0.15) is 5.76 Å². The van der Waals surface area contributed by atoms with Crippen LogP contribution in [0.1, 0.15) is 17.9 Å². The molecule has 4 heteroatoms. The van der Waals surface area contributed by atoms with E-state index in [1.807, 2.05) is 13.1 Å². The van der Waals surface area contributed by atoms with Gasteiger partial charge in [-0.3, -0.25) is 0 Å². The van der Waals surface area contributed by atoms with Crippen LogP contribution in [0, 0.1) is 0 Å². The summed E-state index contributed by atoms with van der Waals surface area (Å²) in [7, 11) is 1.86. The molecule has 1 heterocycles. The van der Waals surface area contributed by atoms with Crippen molar-refractivity contribution in [3.63, 3.8) is 0 Å². The van der Waals surface area contributed by atoms with E-state index in [4.69, 9.17) is 9.63 Å². The second-order valence-electron chi connectivity index (χ2n) is 2.64. The summed E-state index contributed by atoms with van der Waals surface area (Å²) in [6, 6.07) is 1.91.